The molecule has 0 rings (SSSR count). The summed E-state index contributed by atoms with van der Waals surface area (Å²) in [7, 11) is -4.39. The second-order valence-electron chi connectivity index (χ2n) is 10.4. The SMILES string of the molecule is CCCCC/C=C\C/C=C\CCCCCCCCCC(=O)NCCOP(=O)(O)OCC(O)COC(=O)CCCCC. The van der Waals surface area contributed by atoms with Crippen molar-refractivity contribution in [2.75, 3.05) is 26.4 Å². The molecule has 3 N–H and O–H groups in total. The third-order valence-corrected chi connectivity index (χ3v) is 7.37. The van der Waals surface area contributed by atoms with Crippen LogP contribution in [0.25, 0.3) is 0 Å². The summed E-state index contributed by atoms with van der Waals surface area (Å²) in [6, 6.07) is 0. The second kappa shape index (κ2) is 28.6. The molecular weight excluding hydrogens is 545 g/mol. The van der Waals surface area contributed by atoms with Crippen molar-refractivity contribution in [3.63, 3.8) is 0 Å². The quantitative estimate of drug-likeness (QED) is 0.0351. The molecule has 0 radical (unpaired) electrons. The zero-order valence-electron chi connectivity index (χ0n) is 25.7. The van der Waals surface area contributed by atoms with E-state index in [-0.39, 0.29) is 32.1 Å². The number of hydrogen-bond acceptors (Lipinski definition) is 7. The Kier molecular flexibility index (Phi) is 27.5. The Morgan fingerprint density at radius 2 is 1.32 bits per heavy atom. The Balaban J connectivity index is 3.60. The number of hydrogen-bond donors (Lipinski definition) is 3. The Hall–Kier alpha value is -1.51. The van der Waals surface area contributed by atoms with Crippen LogP contribution in [0.5, 0.6) is 0 Å². The minimum absolute atomic E-state index is 0.0777. The third-order valence-electron chi connectivity index (χ3n) is 6.38. The van der Waals surface area contributed by atoms with Gasteiger partial charge in [-0.25, -0.2) is 4.57 Å². The van der Waals surface area contributed by atoms with Gasteiger partial charge < -0.3 is 20.1 Å². The number of esters is 1. The van der Waals surface area contributed by atoms with Crippen LogP contribution in [0, 0.1) is 0 Å². The molecule has 240 valence electrons. The fraction of sp³-hybridized carbons (Fsp3) is 0.806. The first-order valence-electron chi connectivity index (χ1n) is 15.8. The normalized spacial score (nSPS) is 14.0. The van der Waals surface area contributed by atoms with E-state index >= 15 is 0 Å². The van der Waals surface area contributed by atoms with Crippen LogP contribution in [0.4, 0.5) is 0 Å². The lowest BCUT2D eigenvalue weighted by molar-refractivity contribution is -0.147. The lowest BCUT2D eigenvalue weighted by atomic mass is 10.1. The van der Waals surface area contributed by atoms with Crippen molar-refractivity contribution in [1.29, 1.82) is 0 Å². The first-order chi connectivity index (χ1) is 19.8. The summed E-state index contributed by atoms with van der Waals surface area (Å²) >= 11 is 0. The number of aliphatic hydroxyl groups excluding tert-OH is 1. The number of carbonyl (C=O) groups is 2. The predicted molar refractivity (Wildman–Crippen MR) is 164 cm³/mol. The molecule has 0 aromatic rings. The molecule has 0 bridgehead atoms. The van der Waals surface area contributed by atoms with Crippen molar-refractivity contribution in [3.8, 4) is 0 Å². The first-order valence-corrected chi connectivity index (χ1v) is 17.3. The minimum Gasteiger partial charge on any atom is -0.463 e. The smallest absolute Gasteiger partial charge is 0.463 e. The number of aliphatic hydroxyl groups is 1. The fourth-order valence-electron chi connectivity index (χ4n) is 3.94. The molecule has 0 aliphatic carbocycles. The van der Waals surface area contributed by atoms with Gasteiger partial charge in [-0.2, -0.15) is 0 Å². The van der Waals surface area contributed by atoms with Gasteiger partial charge in [-0.05, 0) is 44.9 Å². The van der Waals surface area contributed by atoms with Gasteiger partial charge in [0.05, 0.1) is 13.2 Å². The summed E-state index contributed by atoms with van der Waals surface area (Å²) in [5.41, 5.74) is 0. The van der Waals surface area contributed by atoms with Crippen molar-refractivity contribution >= 4 is 19.7 Å². The molecule has 0 saturated heterocycles. The topological polar surface area (TPSA) is 131 Å². The summed E-state index contributed by atoms with van der Waals surface area (Å²) in [5.74, 6) is -0.552. The van der Waals surface area contributed by atoms with Crippen LogP contribution in [-0.4, -0.2) is 54.3 Å². The van der Waals surface area contributed by atoms with Gasteiger partial charge in [0.15, 0.2) is 0 Å². The molecule has 0 saturated carbocycles. The van der Waals surface area contributed by atoms with Gasteiger partial charge in [0, 0.05) is 19.4 Å². The molecule has 0 aliphatic rings. The summed E-state index contributed by atoms with van der Waals surface area (Å²) in [5, 5.41) is 12.4. The molecule has 0 aliphatic heterocycles. The van der Waals surface area contributed by atoms with Crippen LogP contribution in [0.1, 0.15) is 129 Å². The van der Waals surface area contributed by atoms with E-state index in [0.29, 0.717) is 12.8 Å². The molecule has 10 heteroatoms. The number of ether oxygens (including phenoxy) is 1. The molecular formula is C31H58NO8P. The zero-order chi connectivity index (χ0) is 30.4. The van der Waals surface area contributed by atoms with Crippen LogP contribution < -0.4 is 5.32 Å². The Bertz CT molecular complexity index is 744. The third kappa shape index (κ3) is 29.8. The maximum Gasteiger partial charge on any atom is 0.472 e. The van der Waals surface area contributed by atoms with Crippen molar-refractivity contribution in [3.05, 3.63) is 24.3 Å². The van der Waals surface area contributed by atoms with E-state index < -0.39 is 26.5 Å². The highest BCUT2D eigenvalue weighted by molar-refractivity contribution is 7.47. The van der Waals surface area contributed by atoms with E-state index in [1.165, 1.54) is 51.4 Å². The molecule has 0 spiro atoms. The number of allylic oxidation sites excluding steroid dienone is 4. The molecule has 0 aromatic carbocycles. The van der Waals surface area contributed by atoms with Gasteiger partial charge in [-0.3, -0.25) is 18.6 Å². The molecule has 2 atom stereocenters. The molecule has 9 nitrogen and oxygen atoms in total. The van der Waals surface area contributed by atoms with Gasteiger partial charge in [0.25, 0.3) is 0 Å². The number of carbonyl (C=O) groups excluding carboxylic acids is 2. The number of phosphoric ester groups is 1. The van der Waals surface area contributed by atoms with Crippen molar-refractivity contribution in [2.45, 2.75) is 136 Å². The number of rotatable bonds is 29. The average Bonchev–Trinajstić information content (AvgIpc) is 2.95. The van der Waals surface area contributed by atoms with Crippen molar-refractivity contribution in [2.24, 2.45) is 0 Å². The Morgan fingerprint density at radius 3 is 1.98 bits per heavy atom. The van der Waals surface area contributed by atoms with Gasteiger partial charge >= 0.3 is 13.8 Å². The standard InChI is InChI=1S/C31H58NO8P/c1-3-5-7-8-9-10-11-12-13-14-15-16-17-18-19-20-22-23-30(34)32-25-26-39-41(36,37)40-28-29(33)27-38-31(35)24-21-6-4-2/h9-10,12-13,29,33H,3-8,11,14-28H2,1-2H3,(H,32,34)(H,36,37)/b10-9-,13-12-. The monoisotopic (exact) mass is 603 g/mol. The Labute approximate surface area is 249 Å². The summed E-state index contributed by atoms with van der Waals surface area (Å²) in [6.07, 6.45) is 26.2. The van der Waals surface area contributed by atoms with Gasteiger partial charge in [0.1, 0.15) is 12.7 Å². The van der Waals surface area contributed by atoms with Gasteiger partial charge in [-0.15, -0.1) is 0 Å². The lowest BCUT2D eigenvalue weighted by Crippen LogP contribution is -2.27. The van der Waals surface area contributed by atoms with Crippen LogP contribution in [-0.2, 0) is 27.9 Å². The van der Waals surface area contributed by atoms with E-state index in [4.69, 9.17) is 13.8 Å². The summed E-state index contributed by atoms with van der Waals surface area (Å²) in [6.45, 7) is 3.29. The molecule has 0 fully saturated rings. The average molecular weight is 604 g/mol. The van der Waals surface area contributed by atoms with E-state index in [9.17, 15) is 24.2 Å². The zero-order valence-corrected chi connectivity index (χ0v) is 26.6. The summed E-state index contributed by atoms with van der Waals surface area (Å²) in [4.78, 5) is 33.2. The molecule has 0 heterocycles. The number of amides is 1. The van der Waals surface area contributed by atoms with Crippen LogP contribution in [0.15, 0.2) is 24.3 Å². The molecule has 41 heavy (non-hydrogen) atoms. The minimum atomic E-state index is -4.39. The molecule has 1 amide bonds. The number of unbranched alkanes of at least 4 members (excludes halogenated alkanes) is 12. The maximum atomic E-state index is 11.9. The van der Waals surface area contributed by atoms with E-state index in [0.717, 1.165) is 44.9 Å². The van der Waals surface area contributed by atoms with E-state index in [1.54, 1.807) is 0 Å². The van der Waals surface area contributed by atoms with Crippen LogP contribution in [0.2, 0.25) is 0 Å². The van der Waals surface area contributed by atoms with Crippen LogP contribution >= 0.6 is 7.82 Å². The Morgan fingerprint density at radius 1 is 0.756 bits per heavy atom. The highest BCUT2D eigenvalue weighted by Crippen LogP contribution is 2.42. The van der Waals surface area contributed by atoms with Gasteiger partial charge in [0.2, 0.25) is 5.91 Å². The first kappa shape index (κ1) is 39.5. The highest BCUT2D eigenvalue weighted by Gasteiger charge is 2.23. The number of phosphoric acid groups is 1. The van der Waals surface area contributed by atoms with Crippen molar-refractivity contribution in [1.82, 2.24) is 5.32 Å². The predicted octanol–water partition coefficient (Wildman–Crippen LogP) is 7.31. The molecule has 0 aromatic heterocycles. The second-order valence-corrected chi connectivity index (χ2v) is 11.9. The number of nitrogens with one attached hydrogen (secondary N) is 1. The molecule has 2 unspecified atom stereocenters. The van der Waals surface area contributed by atoms with Crippen molar-refractivity contribution < 1.29 is 37.9 Å². The highest BCUT2D eigenvalue weighted by atomic mass is 31.2. The van der Waals surface area contributed by atoms with Crippen LogP contribution in [0.3, 0.4) is 0 Å². The maximum absolute atomic E-state index is 11.9. The lowest BCUT2D eigenvalue weighted by Gasteiger charge is -2.15. The van der Waals surface area contributed by atoms with Gasteiger partial charge in [-0.1, -0.05) is 95.9 Å². The summed E-state index contributed by atoms with van der Waals surface area (Å²) < 4.78 is 26.3. The largest absolute Gasteiger partial charge is 0.472 e. The van der Waals surface area contributed by atoms with E-state index in [2.05, 4.69) is 36.5 Å². The van der Waals surface area contributed by atoms with E-state index in [1.807, 2.05) is 6.92 Å². The fourth-order valence-corrected chi connectivity index (χ4v) is 4.69.